The summed E-state index contributed by atoms with van der Waals surface area (Å²) in [5.41, 5.74) is 0. The molecule has 1 atom stereocenters. The van der Waals surface area contributed by atoms with Crippen LogP contribution in [0.4, 0.5) is 0 Å². The van der Waals surface area contributed by atoms with Crippen LogP contribution in [0.1, 0.15) is 32.1 Å². The molecule has 1 fully saturated rings. The molecule has 1 heterocycles. The molecule has 0 saturated carbocycles. The number of hydrogen-bond donors (Lipinski definition) is 2. The van der Waals surface area contributed by atoms with E-state index in [9.17, 15) is 4.79 Å². The topological polar surface area (TPSA) is 50.4 Å². The maximum atomic E-state index is 11.8. The van der Waals surface area contributed by atoms with E-state index >= 15 is 0 Å². The van der Waals surface area contributed by atoms with Crippen LogP contribution >= 0.6 is 0 Å². The summed E-state index contributed by atoms with van der Waals surface area (Å²) in [4.78, 5) is 11.8. The van der Waals surface area contributed by atoms with Gasteiger partial charge >= 0.3 is 0 Å². The maximum Gasteiger partial charge on any atom is 0.237 e. The van der Waals surface area contributed by atoms with Gasteiger partial charge in [-0.1, -0.05) is 24.6 Å². The number of carbonyl (C=O) groups excluding carboxylic acids is 1. The van der Waals surface area contributed by atoms with E-state index < -0.39 is 0 Å². The van der Waals surface area contributed by atoms with Crippen LogP contribution in [0.2, 0.25) is 0 Å². The molecule has 1 aromatic rings. The summed E-state index contributed by atoms with van der Waals surface area (Å²) >= 11 is 0. The molecule has 4 nitrogen and oxygen atoms in total. The van der Waals surface area contributed by atoms with E-state index in [1.165, 1.54) is 6.42 Å². The Bertz CT molecular complexity index is 389. The molecule has 0 bridgehead atoms. The predicted octanol–water partition coefficient (Wildman–Crippen LogP) is 2.10. The predicted molar refractivity (Wildman–Crippen MR) is 79.8 cm³/mol. The van der Waals surface area contributed by atoms with Crippen molar-refractivity contribution in [2.24, 2.45) is 0 Å². The van der Waals surface area contributed by atoms with E-state index in [2.05, 4.69) is 10.6 Å². The largest absolute Gasteiger partial charge is 0.494 e. The van der Waals surface area contributed by atoms with Crippen molar-refractivity contribution in [2.45, 2.75) is 38.1 Å². The van der Waals surface area contributed by atoms with Crippen molar-refractivity contribution in [1.82, 2.24) is 10.6 Å². The maximum absolute atomic E-state index is 11.8. The lowest BCUT2D eigenvalue weighted by Gasteiger charge is -2.22. The third-order valence-electron chi connectivity index (χ3n) is 3.51. The van der Waals surface area contributed by atoms with Crippen molar-refractivity contribution in [1.29, 1.82) is 0 Å². The summed E-state index contributed by atoms with van der Waals surface area (Å²) in [7, 11) is 0. The van der Waals surface area contributed by atoms with Gasteiger partial charge in [0.1, 0.15) is 5.75 Å². The van der Waals surface area contributed by atoms with Gasteiger partial charge in [0, 0.05) is 6.54 Å². The molecule has 1 amide bonds. The van der Waals surface area contributed by atoms with E-state index in [0.29, 0.717) is 6.61 Å². The van der Waals surface area contributed by atoms with Crippen LogP contribution < -0.4 is 15.4 Å². The fraction of sp³-hybridized carbons (Fsp3) is 0.562. The molecule has 1 saturated heterocycles. The summed E-state index contributed by atoms with van der Waals surface area (Å²) < 4.78 is 5.60. The number of para-hydroxylation sites is 1. The number of carbonyl (C=O) groups is 1. The van der Waals surface area contributed by atoms with Gasteiger partial charge in [-0.2, -0.15) is 0 Å². The van der Waals surface area contributed by atoms with Gasteiger partial charge in [-0.05, 0) is 44.4 Å². The molecule has 20 heavy (non-hydrogen) atoms. The number of nitrogens with one attached hydrogen (secondary N) is 2. The zero-order valence-corrected chi connectivity index (χ0v) is 11.9. The Morgan fingerprint density at radius 3 is 2.85 bits per heavy atom. The third-order valence-corrected chi connectivity index (χ3v) is 3.51. The molecule has 4 heteroatoms. The third kappa shape index (κ3) is 5.21. The van der Waals surface area contributed by atoms with Crippen molar-refractivity contribution >= 4 is 5.91 Å². The number of unbranched alkanes of at least 4 members (excludes halogenated alkanes) is 1. The molecule has 1 unspecified atom stereocenters. The Labute approximate surface area is 120 Å². The van der Waals surface area contributed by atoms with Gasteiger partial charge in [-0.25, -0.2) is 0 Å². The highest BCUT2D eigenvalue weighted by atomic mass is 16.5. The van der Waals surface area contributed by atoms with Crippen molar-refractivity contribution in [2.75, 3.05) is 19.7 Å². The van der Waals surface area contributed by atoms with Gasteiger partial charge in [-0.15, -0.1) is 0 Å². The summed E-state index contributed by atoms with van der Waals surface area (Å²) in [5, 5.41) is 6.25. The van der Waals surface area contributed by atoms with Gasteiger partial charge in [0.15, 0.2) is 0 Å². The standard InChI is InChI=1S/C16H24N2O2/c19-16(15-10-4-5-11-17-15)18-12-6-7-13-20-14-8-2-1-3-9-14/h1-3,8-9,15,17H,4-7,10-13H2,(H,18,19). The van der Waals surface area contributed by atoms with E-state index in [1.54, 1.807) is 0 Å². The van der Waals surface area contributed by atoms with Crippen LogP contribution in [0, 0.1) is 0 Å². The molecule has 0 spiro atoms. The fourth-order valence-corrected chi connectivity index (χ4v) is 2.34. The smallest absolute Gasteiger partial charge is 0.237 e. The molecule has 2 rings (SSSR count). The first-order valence-corrected chi connectivity index (χ1v) is 7.55. The molecular weight excluding hydrogens is 252 g/mol. The molecule has 0 aliphatic carbocycles. The molecule has 2 N–H and O–H groups in total. The minimum Gasteiger partial charge on any atom is -0.494 e. The van der Waals surface area contributed by atoms with Crippen molar-refractivity contribution in [3.8, 4) is 5.75 Å². The second-order valence-electron chi connectivity index (χ2n) is 5.16. The Balaban J connectivity index is 1.50. The zero-order chi connectivity index (χ0) is 14.0. The normalized spacial score (nSPS) is 18.5. The molecule has 0 aromatic heterocycles. The minimum atomic E-state index is 0.0179. The number of ether oxygens (including phenoxy) is 1. The molecular formula is C16H24N2O2. The first-order valence-electron chi connectivity index (χ1n) is 7.55. The minimum absolute atomic E-state index is 0.0179. The van der Waals surface area contributed by atoms with E-state index in [0.717, 1.165) is 44.5 Å². The SMILES string of the molecule is O=C(NCCCCOc1ccccc1)C1CCCCN1. The number of hydrogen-bond acceptors (Lipinski definition) is 3. The van der Waals surface area contributed by atoms with Crippen LogP contribution in [0.3, 0.4) is 0 Å². The molecule has 1 aliphatic heterocycles. The number of benzene rings is 1. The summed E-state index contributed by atoms with van der Waals surface area (Å²) in [6, 6.07) is 9.83. The second-order valence-corrected chi connectivity index (χ2v) is 5.16. The van der Waals surface area contributed by atoms with Gasteiger partial charge in [0.2, 0.25) is 5.91 Å². The highest BCUT2D eigenvalue weighted by molar-refractivity contribution is 5.81. The van der Waals surface area contributed by atoms with E-state index in [-0.39, 0.29) is 11.9 Å². The van der Waals surface area contributed by atoms with Crippen LogP contribution in [0.5, 0.6) is 5.75 Å². The molecule has 0 radical (unpaired) electrons. The van der Waals surface area contributed by atoms with E-state index in [1.807, 2.05) is 30.3 Å². The quantitative estimate of drug-likeness (QED) is 0.750. The van der Waals surface area contributed by atoms with Crippen LogP contribution in [-0.2, 0) is 4.79 Å². The van der Waals surface area contributed by atoms with Crippen molar-refractivity contribution in [3.05, 3.63) is 30.3 Å². The van der Waals surface area contributed by atoms with Gasteiger partial charge in [-0.3, -0.25) is 4.79 Å². The van der Waals surface area contributed by atoms with Gasteiger partial charge in [0.05, 0.1) is 12.6 Å². The van der Waals surface area contributed by atoms with Crippen LogP contribution in [0.25, 0.3) is 0 Å². The zero-order valence-electron chi connectivity index (χ0n) is 11.9. The number of amides is 1. The van der Waals surface area contributed by atoms with Crippen LogP contribution in [-0.4, -0.2) is 31.6 Å². The highest BCUT2D eigenvalue weighted by Gasteiger charge is 2.19. The monoisotopic (exact) mass is 276 g/mol. The van der Waals surface area contributed by atoms with Crippen molar-refractivity contribution in [3.63, 3.8) is 0 Å². The first kappa shape index (κ1) is 14.9. The van der Waals surface area contributed by atoms with Gasteiger partial charge in [0.25, 0.3) is 0 Å². The average Bonchev–Trinajstić information content (AvgIpc) is 2.52. The lowest BCUT2D eigenvalue weighted by Crippen LogP contribution is -2.46. The molecule has 110 valence electrons. The Hall–Kier alpha value is -1.55. The summed E-state index contributed by atoms with van der Waals surface area (Å²) in [5.74, 6) is 1.05. The Morgan fingerprint density at radius 1 is 1.25 bits per heavy atom. The summed E-state index contributed by atoms with van der Waals surface area (Å²) in [6.45, 7) is 2.39. The van der Waals surface area contributed by atoms with Crippen LogP contribution in [0.15, 0.2) is 30.3 Å². The Kier molecular flexibility index (Phi) is 6.38. The Morgan fingerprint density at radius 2 is 2.10 bits per heavy atom. The van der Waals surface area contributed by atoms with E-state index in [4.69, 9.17) is 4.74 Å². The van der Waals surface area contributed by atoms with Crippen molar-refractivity contribution < 1.29 is 9.53 Å². The summed E-state index contributed by atoms with van der Waals surface area (Å²) in [6.07, 6.45) is 5.19. The molecule has 1 aromatic carbocycles. The molecule has 1 aliphatic rings. The lowest BCUT2D eigenvalue weighted by molar-refractivity contribution is -0.123. The highest BCUT2D eigenvalue weighted by Crippen LogP contribution is 2.09. The number of piperidine rings is 1. The average molecular weight is 276 g/mol. The second kappa shape index (κ2) is 8.59. The van der Waals surface area contributed by atoms with Gasteiger partial charge < -0.3 is 15.4 Å². The lowest BCUT2D eigenvalue weighted by atomic mass is 10.0. The first-order chi connectivity index (χ1) is 9.86. The number of rotatable bonds is 7. The fourth-order valence-electron chi connectivity index (χ4n) is 2.34.